The molecule has 0 spiro atoms. The lowest BCUT2D eigenvalue weighted by Crippen LogP contribution is -2.56. The summed E-state index contributed by atoms with van der Waals surface area (Å²) >= 11 is 0. The van der Waals surface area contributed by atoms with Gasteiger partial charge in [0.25, 0.3) is 0 Å². The number of aromatic nitrogens is 1. The number of nitrogens with one attached hydrogen (secondary N) is 2. The highest BCUT2D eigenvalue weighted by Crippen LogP contribution is 2.32. The molecule has 2 bridgehead atoms. The summed E-state index contributed by atoms with van der Waals surface area (Å²) in [5.74, 6) is 1.52. The number of oxazole rings is 1. The minimum atomic E-state index is 0. The first-order valence-electron chi connectivity index (χ1n) is 10.9. The molecule has 0 radical (unpaired) electrons. The lowest BCUT2D eigenvalue weighted by Gasteiger charge is -2.47. The van der Waals surface area contributed by atoms with E-state index in [4.69, 9.17) is 9.41 Å². The van der Waals surface area contributed by atoms with Gasteiger partial charge in [-0.3, -0.25) is 0 Å². The summed E-state index contributed by atoms with van der Waals surface area (Å²) in [7, 11) is 2.29. The summed E-state index contributed by atoms with van der Waals surface area (Å²) in [5, 5.41) is 7.06. The van der Waals surface area contributed by atoms with Gasteiger partial charge < -0.3 is 20.0 Å². The van der Waals surface area contributed by atoms with Gasteiger partial charge in [-0.25, -0.2) is 9.98 Å². The molecule has 0 saturated carbocycles. The van der Waals surface area contributed by atoms with Crippen LogP contribution in [0.4, 0.5) is 0 Å². The number of benzene rings is 1. The average Bonchev–Trinajstić information content (AvgIpc) is 3.17. The molecule has 0 amide bonds. The second-order valence-electron chi connectivity index (χ2n) is 8.42. The second-order valence-corrected chi connectivity index (χ2v) is 8.42. The van der Waals surface area contributed by atoms with E-state index in [-0.39, 0.29) is 24.0 Å². The normalized spacial score (nSPS) is 24.2. The van der Waals surface area contributed by atoms with Crippen LogP contribution < -0.4 is 10.6 Å². The number of aryl methyl sites for hydroxylation is 1. The third kappa shape index (κ3) is 5.55. The summed E-state index contributed by atoms with van der Waals surface area (Å²) in [6.45, 7) is 5.53. The molecule has 30 heavy (non-hydrogen) atoms. The molecular weight excluding hydrogens is 489 g/mol. The lowest BCUT2D eigenvalue weighted by molar-refractivity contribution is 0.0526. The summed E-state index contributed by atoms with van der Waals surface area (Å²) in [6, 6.07) is 10.1. The zero-order valence-corrected chi connectivity index (χ0v) is 20.6. The molecule has 0 aliphatic carbocycles. The first kappa shape index (κ1) is 23.1. The molecule has 2 atom stereocenters. The number of hydrogen-bond acceptors (Lipinski definition) is 4. The Labute approximate surface area is 196 Å². The molecule has 3 heterocycles. The summed E-state index contributed by atoms with van der Waals surface area (Å²) in [4.78, 5) is 12.0. The van der Waals surface area contributed by atoms with E-state index in [1.807, 2.05) is 12.1 Å². The number of halogens is 1. The van der Waals surface area contributed by atoms with Crippen molar-refractivity contribution in [2.45, 2.75) is 70.6 Å². The monoisotopic (exact) mass is 523 g/mol. The van der Waals surface area contributed by atoms with Gasteiger partial charge in [-0.05, 0) is 58.7 Å². The van der Waals surface area contributed by atoms with Gasteiger partial charge in [-0.2, -0.15) is 0 Å². The molecule has 2 N–H and O–H groups in total. The molecule has 4 rings (SSSR count). The van der Waals surface area contributed by atoms with E-state index in [9.17, 15) is 0 Å². The largest absolute Gasteiger partial charge is 0.444 e. The van der Waals surface area contributed by atoms with Crippen LogP contribution in [-0.2, 0) is 6.54 Å². The van der Waals surface area contributed by atoms with E-state index in [2.05, 4.69) is 53.5 Å². The maximum Gasteiger partial charge on any atom is 0.226 e. The van der Waals surface area contributed by atoms with Gasteiger partial charge in [0, 0.05) is 30.2 Å². The molecule has 2 unspecified atom stereocenters. The van der Waals surface area contributed by atoms with Crippen molar-refractivity contribution >= 4 is 29.9 Å². The molecule has 2 aromatic rings. The molecule has 7 heteroatoms. The van der Waals surface area contributed by atoms with E-state index < -0.39 is 0 Å². The van der Waals surface area contributed by atoms with E-state index in [0.29, 0.717) is 30.6 Å². The lowest BCUT2D eigenvalue weighted by atomic mass is 9.82. The number of hydrogen-bond donors (Lipinski definition) is 2. The maximum atomic E-state index is 5.67. The quantitative estimate of drug-likeness (QED) is 0.347. The number of nitrogens with zero attached hydrogens (tertiary/aromatic N) is 3. The third-order valence-corrected chi connectivity index (χ3v) is 6.27. The van der Waals surface area contributed by atoms with Crippen molar-refractivity contribution in [3.63, 3.8) is 0 Å². The topological polar surface area (TPSA) is 65.7 Å². The van der Waals surface area contributed by atoms with Gasteiger partial charge >= 0.3 is 0 Å². The number of guanidine groups is 1. The highest BCUT2D eigenvalue weighted by atomic mass is 127. The smallest absolute Gasteiger partial charge is 0.226 e. The Morgan fingerprint density at radius 3 is 2.57 bits per heavy atom. The molecular formula is C23H34IN5O. The van der Waals surface area contributed by atoms with Crippen molar-refractivity contribution in [1.29, 1.82) is 0 Å². The van der Waals surface area contributed by atoms with E-state index in [0.717, 1.165) is 23.8 Å². The van der Waals surface area contributed by atoms with Crippen LogP contribution >= 0.6 is 24.0 Å². The van der Waals surface area contributed by atoms with Crippen LogP contribution in [-0.4, -0.2) is 47.6 Å². The van der Waals surface area contributed by atoms with Crippen molar-refractivity contribution in [2.75, 3.05) is 13.6 Å². The van der Waals surface area contributed by atoms with Gasteiger partial charge in [-0.1, -0.05) is 24.1 Å². The van der Waals surface area contributed by atoms with Gasteiger partial charge in [0.1, 0.15) is 12.0 Å². The van der Waals surface area contributed by atoms with Crippen LogP contribution in [0.15, 0.2) is 39.9 Å². The fraction of sp³-hybridized carbons (Fsp3) is 0.565. The Morgan fingerprint density at radius 2 is 1.90 bits per heavy atom. The molecule has 2 fully saturated rings. The average molecular weight is 523 g/mol. The van der Waals surface area contributed by atoms with Crippen molar-refractivity contribution in [1.82, 2.24) is 20.5 Å². The predicted octanol–water partition coefficient (Wildman–Crippen LogP) is 4.34. The number of piperidine rings is 2. The molecule has 6 nitrogen and oxygen atoms in total. The van der Waals surface area contributed by atoms with Gasteiger partial charge in [-0.15, -0.1) is 24.0 Å². The van der Waals surface area contributed by atoms with Crippen LogP contribution in [0.5, 0.6) is 0 Å². The number of rotatable bonds is 5. The summed E-state index contributed by atoms with van der Waals surface area (Å²) in [5.41, 5.74) is 3.07. The van der Waals surface area contributed by atoms with Crippen LogP contribution in [0.1, 0.15) is 50.3 Å². The van der Waals surface area contributed by atoms with Gasteiger partial charge in [0.05, 0.1) is 6.54 Å². The van der Waals surface area contributed by atoms with E-state index >= 15 is 0 Å². The molecule has 2 saturated heterocycles. The van der Waals surface area contributed by atoms with Gasteiger partial charge in [0.2, 0.25) is 5.89 Å². The molecule has 1 aromatic carbocycles. The SMILES string of the molecule is CCNC(=NCc1coc(-c2ccc(C)cc2)n1)NC1CC2CCCC(C1)N2C.I. The fourth-order valence-electron chi connectivity index (χ4n) is 4.62. The predicted molar refractivity (Wildman–Crippen MR) is 132 cm³/mol. The third-order valence-electron chi connectivity index (χ3n) is 6.27. The molecule has 1 aromatic heterocycles. The maximum absolute atomic E-state index is 5.67. The Balaban J connectivity index is 0.00000256. The molecule has 2 aliphatic rings. The highest BCUT2D eigenvalue weighted by molar-refractivity contribution is 14.0. The zero-order chi connectivity index (χ0) is 20.2. The van der Waals surface area contributed by atoms with Crippen molar-refractivity contribution in [2.24, 2.45) is 4.99 Å². The minimum absolute atomic E-state index is 0. The van der Waals surface area contributed by atoms with Gasteiger partial charge in [0.15, 0.2) is 5.96 Å². The standard InChI is InChI=1S/C23H33N5O.HI/c1-4-24-23(27-18-12-20-6-5-7-21(13-18)28(20)3)25-14-19-15-29-22(26-19)17-10-8-16(2)9-11-17;/h8-11,15,18,20-21H,4-7,12-14H2,1-3H3,(H2,24,25,27);1H. The Morgan fingerprint density at radius 1 is 1.20 bits per heavy atom. The number of aliphatic imine (C=N–C) groups is 1. The first-order chi connectivity index (χ1) is 14.1. The molecule has 164 valence electrons. The second kappa shape index (κ2) is 10.6. The van der Waals surface area contributed by atoms with Crippen LogP contribution in [0, 0.1) is 6.92 Å². The summed E-state index contributed by atoms with van der Waals surface area (Å²) in [6.07, 6.45) is 8.11. The van der Waals surface area contributed by atoms with Crippen molar-refractivity contribution in [3.8, 4) is 11.5 Å². The van der Waals surface area contributed by atoms with E-state index in [1.54, 1.807) is 6.26 Å². The first-order valence-corrected chi connectivity index (χ1v) is 10.9. The van der Waals surface area contributed by atoms with Crippen molar-refractivity contribution in [3.05, 3.63) is 41.8 Å². The van der Waals surface area contributed by atoms with Crippen molar-refractivity contribution < 1.29 is 4.42 Å². The fourth-order valence-corrected chi connectivity index (χ4v) is 4.62. The molecule has 2 aliphatic heterocycles. The Hall–Kier alpha value is -1.61. The highest BCUT2D eigenvalue weighted by Gasteiger charge is 2.36. The van der Waals surface area contributed by atoms with Crippen LogP contribution in [0.25, 0.3) is 11.5 Å². The van der Waals surface area contributed by atoms with Crippen LogP contribution in [0.2, 0.25) is 0 Å². The zero-order valence-electron chi connectivity index (χ0n) is 18.2. The van der Waals surface area contributed by atoms with Crippen LogP contribution in [0.3, 0.4) is 0 Å². The Bertz CT molecular complexity index is 820. The number of fused-ring (bicyclic) bond motifs is 2. The summed E-state index contributed by atoms with van der Waals surface area (Å²) < 4.78 is 5.67. The van der Waals surface area contributed by atoms with E-state index in [1.165, 1.54) is 37.7 Å². The minimum Gasteiger partial charge on any atom is -0.444 e. The Kier molecular flexibility index (Phi) is 8.16.